The number of carboxylic acids is 1. The number of carbonyl (C=O) groups is 1. The molecule has 13 heavy (non-hydrogen) atoms. The molecule has 0 aliphatic heterocycles. The van der Waals surface area contributed by atoms with E-state index in [2.05, 4.69) is 0 Å². The Labute approximate surface area is 77.4 Å². The highest BCUT2D eigenvalue weighted by Gasteiger charge is 2.27. The van der Waals surface area contributed by atoms with Crippen molar-refractivity contribution in [1.29, 1.82) is 0 Å². The lowest BCUT2D eigenvalue weighted by Crippen LogP contribution is -2.18. The normalized spacial score (nSPS) is 25.5. The molecular formula is C10H15FO2. The Bertz CT molecular complexity index is 254. The molecule has 3 heteroatoms. The van der Waals surface area contributed by atoms with Crippen LogP contribution < -0.4 is 0 Å². The number of aliphatic carboxylic acids is 1. The summed E-state index contributed by atoms with van der Waals surface area (Å²) in [6.45, 7) is 4.09. The molecule has 0 unspecified atom stereocenters. The maximum Gasteiger partial charge on any atom is 0.364 e. The minimum atomic E-state index is -1.42. The average molecular weight is 186 g/mol. The minimum Gasteiger partial charge on any atom is -0.476 e. The molecule has 1 aliphatic rings. The summed E-state index contributed by atoms with van der Waals surface area (Å²) in [5.74, 6) is -2.36. The van der Waals surface area contributed by atoms with Crippen molar-refractivity contribution in [1.82, 2.24) is 0 Å². The summed E-state index contributed by atoms with van der Waals surface area (Å²) >= 11 is 0. The first-order valence-electron chi connectivity index (χ1n) is 4.53. The van der Waals surface area contributed by atoms with Crippen molar-refractivity contribution < 1.29 is 14.3 Å². The van der Waals surface area contributed by atoms with Crippen molar-refractivity contribution in [2.75, 3.05) is 0 Å². The van der Waals surface area contributed by atoms with Crippen molar-refractivity contribution in [3.8, 4) is 0 Å². The Hall–Kier alpha value is -0.860. The summed E-state index contributed by atoms with van der Waals surface area (Å²) in [7, 11) is 0. The van der Waals surface area contributed by atoms with Crippen LogP contribution in [0.2, 0.25) is 0 Å². The Kier molecular flexibility index (Phi) is 2.74. The van der Waals surface area contributed by atoms with Crippen LogP contribution in [-0.2, 0) is 4.79 Å². The van der Waals surface area contributed by atoms with Crippen molar-refractivity contribution in [3.63, 3.8) is 0 Å². The molecule has 0 spiro atoms. The van der Waals surface area contributed by atoms with Crippen LogP contribution in [0.3, 0.4) is 0 Å². The van der Waals surface area contributed by atoms with Gasteiger partial charge in [-0.15, -0.1) is 0 Å². The van der Waals surface area contributed by atoms with E-state index in [9.17, 15) is 9.18 Å². The van der Waals surface area contributed by atoms with Gasteiger partial charge in [-0.05, 0) is 36.7 Å². The summed E-state index contributed by atoms with van der Waals surface area (Å²) in [4.78, 5) is 10.4. The lowest BCUT2D eigenvalue weighted by molar-refractivity contribution is -0.134. The molecule has 0 aromatic heterocycles. The second-order valence-corrected chi connectivity index (χ2v) is 4.42. The van der Waals surface area contributed by atoms with E-state index in [1.807, 2.05) is 13.8 Å². The van der Waals surface area contributed by atoms with Gasteiger partial charge in [0.1, 0.15) is 0 Å². The van der Waals surface area contributed by atoms with Gasteiger partial charge in [0.15, 0.2) is 0 Å². The van der Waals surface area contributed by atoms with Crippen molar-refractivity contribution >= 4 is 5.97 Å². The zero-order valence-corrected chi connectivity index (χ0v) is 8.06. The highest BCUT2D eigenvalue weighted by molar-refractivity contribution is 5.84. The first-order valence-corrected chi connectivity index (χ1v) is 4.53. The fraction of sp³-hybridized carbons (Fsp3) is 0.700. The molecule has 0 aromatic carbocycles. The van der Waals surface area contributed by atoms with E-state index in [0.717, 1.165) is 12.8 Å². The molecule has 0 atom stereocenters. The number of carboxylic acid groups (broad SMARTS) is 1. The molecule has 0 bridgehead atoms. The van der Waals surface area contributed by atoms with Gasteiger partial charge in [-0.3, -0.25) is 0 Å². The molecule has 1 rings (SSSR count). The summed E-state index contributed by atoms with van der Waals surface area (Å²) in [5, 5.41) is 8.47. The van der Waals surface area contributed by atoms with E-state index in [4.69, 9.17) is 5.11 Å². The van der Waals surface area contributed by atoms with Crippen molar-refractivity contribution in [3.05, 3.63) is 11.4 Å². The van der Waals surface area contributed by atoms with Gasteiger partial charge in [0.25, 0.3) is 0 Å². The summed E-state index contributed by atoms with van der Waals surface area (Å²) in [6, 6.07) is 0. The fourth-order valence-corrected chi connectivity index (χ4v) is 1.87. The second kappa shape index (κ2) is 3.48. The number of rotatable bonds is 1. The van der Waals surface area contributed by atoms with Gasteiger partial charge in [-0.2, -0.15) is 4.39 Å². The van der Waals surface area contributed by atoms with Crippen LogP contribution in [0.5, 0.6) is 0 Å². The van der Waals surface area contributed by atoms with E-state index in [0.29, 0.717) is 18.4 Å². The summed E-state index contributed by atoms with van der Waals surface area (Å²) in [6.07, 6.45) is 3.11. The molecule has 0 radical (unpaired) electrons. The minimum absolute atomic E-state index is 0.0559. The molecule has 74 valence electrons. The van der Waals surface area contributed by atoms with Crippen molar-refractivity contribution in [2.45, 2.75) is 39.5 Å². The number of hydrogen-bond acceptors (Lipinski definition) is 1. The predicted molar refractivity (Wildman–Crippen MR) is 48.0 cm³/mol. The zero-order valence-electron chi connectivity index (χ0n) is 8.06. The second-order valence-electron chi connectivity index (χ2n) is 4.42. The standard InChI is InChI=1S/C10H15FO2/c1-10(2)5-3-4-7(6-10)8(11)9(12)13/h3-6H2,1-2H3,(H,12,13). The van der Waals surface area contributed by atoms with Gasteiger partial charge in [0.05, 0.1) is 0 Å². The average Bonchev–Trinajstić information content (AvgIpc) is 2.01. The third kappa shape index (κ3) is 2.54. The van der Waals surface area contributed by atoms with Crippen molar-refractivity contribution in [2.24, 2.45) is 5.41 Å². The highest BCUT2D eigenvalue weighted by atomic mass is 19.1. The SMILES string of the molecule is CC1(C)CCCC(=C(F)C(=O)O)C1. The van der Waals surface area contributed by atoms with Gasteiger partial charge >= 0.3 is 5.97 Å². The molecule has 2 nitrogen and oxygen atoms in total. The molecule has 0 saturated heterocycles. The van der Waals surface area contributed by atoms with E-state index >= 15 is 0 Å². The van der Waals surface area contributed by atoms with E-state index in [-0.39, 0.29) is 5.41 Å². The van der Waals surface area contributed by atoms with Gasteiger partial charge in [-0.1, -0.05) is 13.8 Å². The third-order valence-corrected chi connectivity index (χ3v) is 2.52. The van der Waals surface area contributed by atoms with Crippen LogP contribution in [-0.4, -0.2) is 11.1 Å². The molecule has 1 aliphatic carbocycles. The molecule has 0 amide bonds. The molecule has 0 aromatic rings. The maximum atomic E-state index is 13.0. The predicted octanol–water partition coefficient (Wildman–Crippen LogP) is 2.89. The fourth-order valence-electron chi connectivity index (χ4n) is 1.87. The Balaban J connectivity index is 2.82. The molecule has 1 saturated carbocycles. The largest absolute Gasteiger partial charge is 0.476 e. The van der Waals surface area contributed by atoms with E-state index in [1.54, 1.807) is 0 Å². The number of hydrogen-bond donors (Lipinski definition) is 1. The van der Waals surface area contributed by atoms with Crippen LogP contribution in [0.1, 0.15) is 39.5 Å². The van der Waals surface area contributed by atoms with Gasteiger partial charge in [0.2, 0.25) is 5.83 Å². The summed E-state index contributed by atoms with van der Waals surface area (Å²) in [5.41, 5.74) is 0.532. The molecule has 1 N–H and O–H groups in total. The third-order valence-electron chi connectivity index (χ3n) is 2.52. The quantitative estimate of drug-likeness (QED) is 0.639. The van der Waals surface area contributed by atoms with E-state index < -0.39 is 11.8 Å². The first-order chi connectivity index (χ1) is 5.92. The van der Waals surface area contributed by atoms with Crippen LogP contribution in [0.4, 0.5) is 4.39 Å². The van der Waals surface area contributed by atoms with Gasteiger partial charge < -0.3 is 5.11 Å². The lowest BCUT2D eigenvalue weighted by Gasteiger charge is -2.30. The molecular weight excluding hydrogens is 171 g/mol. The Morgan fingerprint density at radius 3 is 2.62 bits per heavy atom. The monoisotopic (exact) mass is 186 g/mol. The molecule has 1 fully saturated rings. The lowest BCUT2D eigenvalue weighted by atomic mass is 9.75. The Morgan fingerprint density at radius 2 is 2.15 bits per heavy atom. The molecule has 0 heterocycles. The van der Waals surface area contributed by atoms with Gasteiger partial charge in [-0.25, -0.2) is 4.79 Å². The zero-order chi connectivity index (χ0) is 10.1. The maximum absolute atomic E-state index is 13.0. The number of halogens is 1. The Morgan fingerprint density at radius 1 is 1.54 bits per heavy atom. The first kappa shape index (κ1) is 10.2. The smallest absolute Gasteiger partial charge is 0.364 e. The van der Waals surface area contributed by atoms with Crippen LogP contribution in [0.25, 0.3) is 0 Å². The van der Waals surface area contributed by atoms with Crippen LogP contribution >= 0.6 is 0 Å². The summed E-state index contributed by atoms with van der Waals surface area (Å²) < 4.78 is 13.0. The topological polar surface area (TPSA) is 37.3 Å². The highest BCUT2D eigenvalue weighted by Crippen LogP contribution is 2.39. The van der Waals surface area contributed by atoms with E-state index in [1.165, 1.54) is 0 Å². The van der Waals surface area contributed by atoms with Crippen LogP contribution in [0.15, 0.2) is 11.4 Å². The van der Waals surface area contributed by atoms with Crippen LogP contribution in [0, 0.1) is 5.41 Å². The van der Waals surface area contributed by atoms with Gasteiger partial charge in [0, 0.05) is 0 Å². The number of allylic oxidation sites excluding steroid dienone is 1.